The molecule has 1 aliphatic heterocycles. The lowest BCUT2D eigenvalue weighted by molar-refractivity contribution is 0.0602. The Hall–Kier alpha value is -1.75. The zero-order valence-electron chi connectivity index (χ0n) is 12.2. The lowest BCUT2D eigenvalue weighted by Gasteiger charge is -2.28. The highest BCUT2D eigenvalue weighted by Gasteiger charge is 2.31. The number of nitrogens with zero attached hydrogens (tertiary/aromatic N) is 1. The number of aryl methyl sites for hydroxylation is 1. The fourth-order valence-electron chi connectivity index (χ4n) is 2.83. The molecule has 2 unspecified atom stereocenters. The fraction of sp³-hybridized carbons (Fsp3) is 0.533. The summed E-state index contributed by atoms with van der Waals surface area (Å²) in [4.78, 5) is 13.9. The van der Waals surface area contributed by atoms with E-state index in [-0.39, 0.29) is 12.6 Å². The quantitative estimate of drug-likeness (QED) is 0.648. The van der Waals surface area contributed by atoms with E-state index in [9.17, 15) is 9.90 Å². The van der Waals surface area contributed by atoms with Crippen molar-refractivity contribution in [1.29, 1.82) is 0 Å². The molecule has 1 aromatic carbocycles. The third-order valence-electron chi connectivity index (χ3n) is 4.18. The number of hydrogen-bond acceptors (Lipinski definition) is 5. The highest BCUT2D eigenvalue weighted by Crippen LogP contribution is 2.33. The SMILES string of the molecule is COC(=O)c1cc(N2CCC(C)C2CO)cc(C)c1N. The van der Waals surface area contributed by atoms with Gasteiger partial charge in [0.1, 0.15) is 0 Å². The summed E-state index contributed by atoms with van der Waals surface area (Å²) in [6.07, 6.45) is 1.03. The average molecular weight is 278 g/mol. The van der Waals surface area contributed by atoms with Crippen molar-refractivity contribution in [3.05, 3.63) is 23.3 Å². The summed E-state index contributed by atoms with van der Waals surface area (Å²) in [6, 6.07) is 3.81. The maximum absolute atomic E-state index is 11.8. The maximum Gasteiger partial charge on any atom is 0.340 e. The molecular formula is C15H22N2O3. The van der Waals surface area contributed by atoms with Crippen molar-refractivity contribution in [3.8, 4) is 0 Å². The number of aliphatic hydroxyl groups is 1. The van der Waals surface area contributed by atoms with E-state index in [0.717, 1.165) is 24.2 Å². The molecule has 0 aromatic heterocycles. The van der Waals surface area contributed by atoms with E-state index in [1.165, 1.54) is 7.11 Å². The normalized spacial score (nSPS) is 22.1. The number of carbonyl (C=O) groups is 1. The first kappa shape index (κ1) is 14.7. The monoisotopic (exact) mass is 278 g/mol. The second kappa shape index (κ2) is 5.71. The third-order valence-corrected chi connectivity index (χ3v) is 4.18. The Morgan fingerprint density at radius 3 is 2.85 bits per heavy atom. The van der Waals surface area contributed by atoms with E-state index in [1.54, 1.807) is 6.07 Å². The minimum Gasteiger partial charge on any atom is -0.465 e. The second-order valence-corrected chi connectivity index (χ2v) is 5.42. The molecule has 1 saturated heterocycles. The van der Waals surface area contributed by atoms with Gasteiger partial charge in [0.25, 0.3) is 0 Å². The van der Waals surface area contributed by atoms with Crippen molar-refractivity contribution in [3.63, 3.8) is 0 Å². The Kier molecular flexibility index (Phi) is 4.18. The van der Waals surface area contributed by atoms with Crippen LogP contribution in [0.25, 0.3) is 0 Å². The van der Waals surface area contributed by atoms with Crippen LogP contribution >= 0.6 is 0 Å². The predicted molar refractivity (Wildman–Crippen MR) is 78.9 cm³/mol. The van der Waals surface area contributed by atoms with Gasteiger partial charge in [0.2, 0.25) is 0 Å². The number of benzene rings is 1. The number of carbonyl (C=O) groups excluding carboxylic acids is 1. The molecule has 0 spiro atoms. The number of rotatable bonds is 3. The number of anilines is 2. The molecular weight excluding hydrogens is 256 g/mol. The molecule has 0 saturated carbocycles. The van der Waals surface area contributed by atoms with E-state index in [0.29, 0.717) is 17.2 Å². The fourth-order valence-corrected chi connectivity index (χ4v) is 2.83. The summed E-state index contributed by atoms with van der Waals surface area (Å²) in [5.41, 5.74) is 8.56. The van der Waals surface area contributed by atoms with Crippen LogP contribution in [0.3, 0.4) is 0 Å². The standard InChI is InChI=1S/C15H22N2O3/c1-9-4-5-17(13(9)8-18)11-6-10(2)14(16)12(7-11)15(19)20-3/h6-7,9,13,18H,4-5,8,16H2,1-3H3. The van der Waals surface area contributed by atoms with Gasteiger partial charge in [0.15, 0.2) is 0 Å². The molecule has 5 nitrogen and oxygen atoms in total. The lowest BCUT2D eigenvalue weighted by atomic mass is 10.0. The van der Waals surface area contributed by atoms with Crippen LogP contribution in [-0.4, -0.2) is 37.4 Å². The summed E-state index contributed by atoms with van der Waals surface area (Å²) in [5.74, 6) is -0.000297. The number of nitrogens with two attached hydrogens (primary N) is 1. The van der Waals surface area contributed by atoms with Crippen LogP contribution < -0.4 is 10.6 Å². The van der Waals surface area contributed by atoms with Gasteiger partial charge < -0.3 is 20.5 Å². The first-order valence-corrected chi connectivity index (χ1v) is 6.85. The second-order valence-electron chi connectivity index (χ2n) is 5.42. The van der Waals surface area contributed by atoms with Crippen molar-refractivity contribution in [2.75, 3.05) is 30.9 Å². The lowest BCUT2D eigenvalue weighted by Crippen LogP contribution is -2.35. The molecule has 0 radical (unpaired) electrons. The van der Waals surface area contributed by atoms with E-state index in [1.807, 2.05) is 13.0 Å². The molecule has 1 heterocycles. The Morgan fingerprint density at radius 1 is 1.55 bits per heavy atom. The van der Waals surface area contributed by atoms with Crippen LogP contribution in [0.1, 0.15) is 29.3 Å². The zero-order chi connectivity index (χ0) is 14.9. The molecule has 1 fully saturated rings. The molecule has 0 amide bonds. The molecule has 3 N–H and O–H groups in total. The van der Waals surface area contributed by atoms with E-state index >= 15 is 0 Å². The number of hydrogen-bond donors (Lipinski definition) is 2. The molecule has 0 aliphatic carbocycles. The van der Waals surface area contributed by atoms with Gasteiger partial charge in [-0.3, -0.25) is 0 Å². The van der Waals surface area contributed by atoms with Crippen molar-refractivity contribution in [2.24, 2.45) is 5.92 Å². The van der Waals surface area contributed by atoms with Crippen molar-refractivity contribution in [2.45, 2.75) is 26.3 Å². The largest absolute Gasteiger partial charge is 0.465 e. The molecule has 1 aromatic rings. The zero-order valence-corrected chi connectivity index (χ0v) is 12.2. The van der Waals surface area contributed by atoms with Crippen LogP contribution in [0, 0.1) is 12.8 Å². The van der Waals surface area contributed by atoms with E-state index in [4.69, 9.17) is 10.5 Å². The minimum atomic E-state index is -0.430. The molecule has 20 heavy (non-hydrogen) atoms. The topological polar surface area (TPSA) is 75.8 Å². The van der Waals surface area contributed by atoms with Crippen molar-refractivity contribution >= 4 is 17.3 Å². The molecule has 0 bridgehead atoms. The smallest absolute Gasteiger partial charge is 0.340 e. The van der Waals surface area contributed by atoms with Crippen LogP contribution in [-0.2, 0) is 4.74 Å². The summed E-state index contributed by atoms with van der Waals surface area (Å²) >= 11 is 0. The first-order chi connectivity index (χ1) is 9.49. The molecule has 1 aliphatic rings. The van der Waals surface area contributed by atoms with Gasteiger partial charge in [0, 0.05) is 17.9 Å². The van der Waals surface area contributed by atoms with Crippen LogP contribution in [0.2, 0.25) is 0 Å². The number of nitrogen functional groups attached to an aromatic ring is 1. The predicted octanol–water partition coefficient (Wildman–Crippen LogP) is 1.57. The van der Waals surface area contributed by atoms with Gasteiger partial charge in [-0.15, -0.1) is 0 Å². The first-order valence-electron chi connectivity index (χ1n) is 6.85. The summed E-state index contributed by atoms with van der Waals surface area (Å²) in [6.45, 7) is 4.99. The molecule has 110 valence electrons. The Balaban J connectivity index is 2.43. The highest BCUT2D eigenvalue weighted by molar-refractivity contribution is 5.97. The summed E-state index contributed by atoms with van der Waals surface area (Å²) in [5, 5.41) is 9.56. The van der Waals surface area contributed by atoms with Crippen LogP contribution in [0.4, 0.5) is 11.4 Å². The van der Waals surface area contributed by atoms with Gasteiger partial charge >= 0.3 is 5.97 Å². The van der Waals surface area contributed by atoms with E-state index < -0.39 is 5.97 Å². The maximum atomic E-state index is 11.8. The molecule has 5 heteroatoms. The summed E-state index contributed by atoms with van der Waals surface area (Å²) < 4.78 is 4.78. The Labute approximate surface area is 119 Å². The van der Waals surface area contributed by atoms with Crippen LogP contribution in [0.15, 0.2) is 12.1 Å². The molecule has 2 atom stereocenters. The van der Waals surface area contributed by atoms with Crippen molar-refractivity contribution < 1.29 is 14.6 Å². The van der Waals surface area contributed by atoms with Gasteiger partial charge in [0.05, 0.1) is 25.3 Å². The highest BCUT2D eigenvalue weighted by atomic mass is 16.5. The number of ether oxygens (including phenoxy) is 1. The third kappa shape index (κ3) is 2.45. The van der Waals surface area contributed by atoms with Gasteiger partial charge in [-0.2, -0.15) is 0 Å². The van der Waals surface area contributed by atoms with Crippen molar-refractivity contribution in [1.82, 2.24) is 0 Å². The minimum absolute atomic E-state index is 0.0866. The number of aliphatic hydroxyl groups excluding tert-OH is 1. The average Bonchev–Trinajstić information content (AvgIpc) is 2.81. The molecule has 2 rings (SSSR count). The van der Waals surface area contributed by atoms with E-state index in [2.05, 4.69) is 11.8 Å². The number of esters is 1. The number of methoxy groups -OCH3 is 1. The Morgan fingerprint density at radius 2 is 2.25 bits per heavy atom. The van der Waals surface area contributed by atoms with Gasteiger partial charge in [-0.25, -0.2) is 4.79 Å². The summed E-state index contributed by atoms with van der Waals surface area (Å²) in [7, 11) is 1.35. The van der Waals surface area contributed by atoms with Gasteiger partial charge in [-0.1, -0.05) is 6.92 Å². The van der Waals surface area contributed by atoms with Gasteiger partial charge in [-0.05, 0) is 37.0 Å². The Bertz CT molecular complexity index is 516. The van der Waals surface area contributed by atoms with Crippen LogP contribution in [0.5, 0.6) is 0 Å².